The van der Waals surface area contributed by atoms with Gasteiger partial charge in [0.05, 0.1) is 29.3 Å². The summed E-state index contributed by atoms with van der Waals surface area (Å²) in [7, 11) is 0. The number of nitrogens with zero attached hydrogens (tertiary/aromatic N) is 6. The molecule has 5 heterocycles. The van der Waals surface area contributed by atoms with Gasteiger partial charge < -0.3 is 10.1 Å². The molecule has 4 aliphatic rings. The molecule has 2 unspecified atom stereocenters. The van der Waals surface area contributed by atoms with Gasteiger partial charge in [0, 0.05) is 61.8 Å². The normalized spacial score (nSPS) is 28.4. The highest BCUT2D eigenvalue weighted by Crippen LogP contribution is 2.37. The molecule has 8 heteroatoms. The lowest BCUT2D eigenvalue weighted by Crippen LogP contribution is -2.58. The number of hydrogen-bond acceptors (Lipinski definition) is 7. The van der Waals surface area contributed by atoms with Gasteiger partial charge in [-0.1, -0.05) is 6.42 Å². The lowest BCUT2D eigenvalue weighted by atomic mass is 9.79. The monoisotopic (exact) mass is 519 g/mol. The fraction of sp³-hybridized carbons (Fsp3) is 0.733. The zero-order valence-corrected chi connectivity index (χ0v) is 23.5. The lowest BCUT2D eigenvalue weighted by molar-refractivity contribution is -0.0249. The van der Waals surface area contributed by atoms with Crippen molar-refractivity contribution in [2.24, 2.45) is 10.9 Å². The summed E-state index contributed by atoms with van der Waals surface area (Å²) < 4.78 is 7.58. The maximum atomic E-state index is 5.51. The van der Waals surface area contributed by atoms with Crippen LogP contribution < -0.4 is 5.32 Å². The van der Waals surface area contributed by atoms with Crippen LogP contribution in [0.2, 0.25) is 0 Å². The maximum absolute atomic E-state index is 5.51. The first-order valence-corrected chi connectivity index (χ1v) is 15.1. The van der Waals surface area contributed by atoms with E-state index >= 15 is 0 Å². The van der Waals surface area contributed by atoms with E-state index in [0.29, 0.717) is 12.0 Å². The van der Waals surface area contributed by atoms with Crippen LogP contribution in [-0.2, 0) is 17.6 Å². The van der Waals surface area contributed by atoms with Crippen LogP contribution in [0.25, 0.3) is 0 Å². The highest BCUT2D eigenvalue weighted by Gasteiger charge is 2.38. The quantitative estimate of drug-likeness (QED) is 0.496. The molecule has 2 aromatic heterocycles. The summed E-state index contributed by atoms with van der Waals surface area (Å²) in [5.41, 5.74) is 5.54. The summed E-state index contributed by atoms with van der Waals surface area (Å²) in [6.45, 7) is 9.36. The molecule has 206 valence electrons. The molecule has 0 radical (unpaired) electrons. The molecule has 3 fully saturated rings. The predicted molar refractivity (Wildman–Crippen MR) is 151 cm³/mol. The van der Waals surface area contributed by atoms with Gasteiger partial charge in [-0.2, -0.15) is 5.10 Å². The van der Waals surface area contributed by atoms with Gasteiger partial charge in [-0.3, -0.25) is 14.6 Å². The smallest absolute Gasteiger partial charge is 0.227 e. The van der Waals surface area contributed by atoms with Crippen LogP contribution in [0.5, 0.6) is 0 Å². The average molecular weight is 520 g/mol. The number of anilines is 2. The summed E-state index contributed by atoms with van der Waals surface area (Å²) in [5.74, 6) is 1.55. The summed E-state index contributed by atoms with van der Waals surface area (Å²) in [4.78, 5) is 17.5. The number of rotatable bonds is 8. The van der Waals surface area contributed by atoms with Crippen LogP contribution in [-0.4, -0.2) is 68.2 Å². The zero-order valence-electron chi connectivity index (χ0n) is 23.5. The number of aryl methyl sites for hydroxylation is 1. The van der Waals surface area contributed by atoms with Gasteiger partial charge >= 0.3 is 0 Å². The third-order valence-corrected chi connectivity index (χ3v) is 9.50. The predicted octanol–water partition coefficient (Wildman–Crippen LogP) is 5.50. The van der Waals surface area contributed by atoms with E-state index in [9.17, 15) is 0 Å². The molecule has 6 rings (SSSR count). The Morgan fingerprint density at radius 3 is 2.55 bits per heavy atom. The summed E-state index contributed by atoms with van der Waals surface area (Å²) >= 11 is 0. The number of likely N-dealkylation sites (tertiary alicyclic amines) is 1. The van der Waals surface area contributed by atoms with Crippen LogP contribution >= 0.6 is 0 Å². The van der Waals surface area contributed by atoms with Gasteiger partial charge in [0.2, 0.25) is 5.95 Å². The largest absolute Gasteiger partial charge is 0.381 e. The standard InChI is InChI=1S/C30H45N7O/c1-20-17-21(2)37(20)26-9-7-23(8-10-26)5-4-6-27-29-22(3)31-14-11-28(29)35-30(34-27)33-24-18-32-36(19-24)25-12-15-38-16-13-25/h18-21,23,25-26H,4-17H2,1-3H3,(H,33,34,35)/t20?,21?,23-,26-. The lowest BCUT2D eigenvalue weighted by Gasteiger charge is -2.52. The molecule has 3 aliphatic heterocycles. The minimum absolute atomic E-state index is 0.408. The van der Waals surface area contributed by atoms with Gasteiger partial charge in [-0.15, -0.1) is 0 Å². The molecule has 2 atom stereocenters. The second kappa shape index (κ2) is 11.4. The zero-order chi connectivity index (χ0) is 26.1. The average Bonchev–Trinajstić information content (AvgIpc) is 3.38. The molecular weight excluding hydrogens is 474 g/mol. The Hall–Kier alpha value is -2.32. The molecule has 2 aromatic rings. The van der Waals surface area contributed by atoms with Gasteiger partial charge in [0.15, 0.2) is 0 Å². The van der Waals surface area contributed by atoms with E-state index in [4.69, 9.17) is 19.7 Å². The molecule has 0 amide bonds. The van der Waals surface area contributed by atoms with Crippen molar-refractivity contribution in [1.82, 2.24) is 24.6 Å². The Kier molecular flexibility index (Phi) is 7.80. The van der Waals surface area contributed by atoms with Crippen LogP contribution in [0.15, 0.2) is 17.4 Å². The van der Waals surface area contributed by atoms with Crippen molar-refractivity contribution in [2.45, 2.75) is 116 Å². The van der Waals surface area contributed by atoms with Crippen molar-refractivity contribution in [3.8, 4) is 0 Å². The maximum Gasteiger partial charge on any atom is 0.227 e. The van der Waals surface area contributed by atoms with Crippen LogP contribution in [0.4, 0.5) is 11.6 Å². The first-order valence-electron chi connectivity index (χ1n) is 15.1. The Morgan fingerprint density at radius 2 is 1.79 bits per heavy atom. The third kappa shape index (κ3) is 5.53. The molecule has 38 heavy (non-hydrogen) atoms. The summed E-state index contributed by atoms with van der Waals surface area (Å²) in [6.07, 6.45) is 17.3. The molecule has 2 saturated heterocycles. The Bertz CT molecular complexity index is 1120. The fourth-order valence-electron chi connectivity index (χ4n) is 7.53. The fourth-order valence-corrected chi connectivity index (χ4v) is 7.53. The highest BCUT2D eigenvalue weighted by atomic mass is 16.5. The van der Waals surface area contributed by atoms with Crippen molar-refractivity contribution >= 4 is 17.3 Å². The van der Waals surface area contributed by atoms with Crippen molar-refractivity contribution in [1.29, 1.82) is 0 Å². The van der Waals surface area contributed by atoms with Gasteiger partial charge in [0.25, 0.3) is 0 Å². The first-order chi connectivity index (χ1) is 18.5. The van der Waals surface area contributed by atoms with E-state index in [1.54, 1.807) is 0 Å². The van der Waals surface area contributed by atoms with E-state index < -0.39 is 0 Å². The number of nitrogens with one attached hydrogen (secondary N) is 1. The van der Waals surface area contributed by atoms with Crippen LogP contribution in [0, 0.1) is 5.92 Å². The Labute approximate surface area is 227 Å². The SMILES string of the molecule is CC1=NCCc2nc(Nc3cnn(C4CCOCC4)c3)nc(CCC[C@H]3CC[C@H](N4C(C)CC4C)CC3)c21. The first kappa shape index (κ1) is 25.9. The van der Waals surface area contributed by atoms with E-state index in [2.05, 4.69) is 47.0 Å². The molecule has 8 nitrogen and oxygen atoms in total. The minimum atomic E-state index is 0.408. The highest BCUT2D eigenvalue weighted by molar-refractivity contribution is 6.01. The van der Waals surface area contributed by atoms with Crippen LogP contribution in [0.1, 0.15) is 102 Å². The minimum Gasteiger partial charge on any atom is -0.381 e. The van der Waals surface area contributed by atoms with Gasteiger partial charge in [0.1, 0.15) is 0 Å². The van der Waals surface area contributed by atoms with E-state index in [1.165, 1.54) is 50.5 Å². The third-order valence-electron chi connectivity index (χ3n) is 9.50. The number of ether oxygens (including phenoxy) is 1. The number of aromatic nitrogens is 4. The summed E-state index contributed by atoms with van der Waals surface area (Å²) in [5, 5.41) is 8.07. The molecule has 1 aliphatic carbocycles. The second-order valence-corrected chi connectivity index (χ2v) is 12.2. The van der Waals surface area contributed by atoms with Crippen molar-refractivity contribution < 1.29 is 4.74 Å². The second-order valence-electron chi connectivity index (χ2n) is 12.2. The van der Waals surface area contributed by atoms with E-state index in [-0.39, 0.29) is 0 Å². The molecule has 1 N–H and O–H groups in total. The van der Waals surface area contributed by atoms with Gasteiger partial charge in [-0.05, 0) is 84.5 Å². The molecule has 0 spiro atoms. The van der Waals surface area contributed by atoms with Crippen molar-refractivity contribution in [2.75, 3.05) is 25.1 Å². The topological polar surface area (TPSA) is 80.5 Å². The summed E-state index contributed by atoms with van der Waals surface area (Å²) in [6, 6.07) is 2.81. The molecule has 0 aromatic carbocycles. The molecular formula is C30H45N7O. The van der Waals surface area contributed by atoms with Crippen molar-refractivity contribution in [3.05, 3.63) is 29.3 Å². The molecule has 0 bridgehead atoms. The van der Waals surface area contributed by atoms with Gasteiger partial charge in [-0.25, -0.2) is 9.97 Å². The van der Waals surface area contributed by atoms with E-state index in [0.717, 1.165) is 92.3 Å². The Balaban J connectivity index is 1.08. The number of aliphatic imine (C=N–C) groups is 1. The number of hydrogen-bond donors (Lipinski definition) is 1. The van der Waals surface area contributed by atoms with Crippen molar-refractivity contribution in [3.63, 3.8) is 0 Å². The molecule has 1 saturated carbocycles. The van der Waals surface area contributed by atoms with Crippen LogP contribution in [0.3, 0.4) is 0 Å². The number of fused-ring (bicyclic) bond motifs is 1. The Morgan fingerprint density at radius 1 is 1.00 bits per heavy atom. The van der Waals surface area contributed by atoms with E-state index in [1.807, 2.05) is 6.20 Å².